The second kappa shape index (κ2) is 8.48. The van der Waals surface area contributed by atoms with Gasteiger partial charge in [0.1, 0.15) is 17.3 Å². The first-order valence-electron chi connectivity index (χ1n) is 9.57. The van der Waals surface area contributed by atoms with Crippen molar-refractivity contribution in [2.75, 3.05) is 19.5 Å². The first kappa shape index (κ1) is 21.0. The monoisotopic (exact) mass is 483 g/mol. The van der Waals surface area contributed by atoms with E-state index in [1.54, 1.807) is 23.8 Å². The lowest BCUT2D eigenvalue weighted by atomic mass is 10.1. The Morgan fingerprint density at radius 3 is 2.84 bits per heavy atom. The van der Waals surface area contributed by atoms with Gasteiger partial charge in [-0.1, -0.05) is 18.2 Å². The van der Waals surface area contributed by atoms with Crippen molar-refractivity contribution in [1.29, 1.82) is 0 Å². The van der Waals surface area contributed by atoms with Crippen LogP contribution in [0.15, 0.2) is 47.2 Å². The van der Waals surface area contributed by atoms with Gasteiger partial charge in [0.2, 0.25) is 0 Å². The van der Waals surface area contributed by atoms with Gasteiger partial charge in [-0.15, -0.1) is 0 Å². The number of fused-ring (bicyclic) bond motifs is 1. The highest BCUT2D eigenvalue weighted by Crippen LogP contribution is 2.25. The van der Waals surface area contributed by atoms with Gasteiger partial charge < -0.3 is 9.88 Å². The van der Waals surface area contributed by atoms with Gasteiger partial charge in [-0.2, -0.15) is 9.61 Å². The molecule has 0 spiro atoms. The molecule has 4 rings (SSSR count). The van der Waals surface area contributed by atoms with Crippen molar-refractivity contribution < 1.29 is 9.63 Å². The van der Waals surface area contributed by atoms with E-state index in [-0.39, 0.29) is 11.6 Å². The minimum absolute atomic E-state index is 0.252. The Hall–Kier alpha value is -3.24. The quantitative estimate of drug-likeness (QED) is 0.422. The van der Waals surface area contributed by atoms with Crippen molar-refractivity contribution >= 4 is 33.3 Å². The Morgan fingerprint density at radius 2 is 2.13 bits per heavy atom. The summed E-state index contributed by atoms with van der Waals surface area (Å²) >= 11 is 3.52. The number of benzene rings is 1. The van der Waals surface area contributed by atoms with Gasteiger partial charge in [0.25, 0.3) is 5.91 Å². The van der Waals surface area contributed by atoms with Gasteiger partial charge in [-0.3, -0.25) is 9.63 Å². The number of anilines is 1. The topological polar surface area (TPSA) is 89.6 Å². The standard InChI is InChI=1S/C21H22BrN7O2/c1-13-18(22)20-25-16(21(30)28(3)31-4)11-17(29(20)26-13)24-12-14-6-5-7-15(10-14)19-23-8-9-27(19)2/h5-11,24H,12H2,1-4H3. The lowest BCUT2D eigenvalue weighted by Gasteiger charge is -2.15. The number of hydrogen-bond donors (Lipinski definition) is 1. The molecule has 1 aromatic carbocycles. The van der Waals surface area contributed by atoms with Crippen molar-refractivity contribution in [3.05, 3.63) is 64.1 Å². The highest BCUT2D eigenvalue weighted by molar-refractivity contribution is 9.10. The van der Waals surface area contributed by atoms with Crippen molar-refractivity contribution in [3.8, 4) is 11.4 Å². The molecule has 0 unspecified atom stereocenters. The molecule has 3 heterocycles. The number of amides is 1. The average Bonchev–Trinajstić information content (AvgIpc) is 3.34. The summed E-state index contributed by atoms with van der Waals surface area (Å²) in [4.78, 5) is 26.5. The Morgan fingerprint density at radius 1 is 1.32 bits per heavy atom. The van der Waals surface area contributed by atoms with Gasteiger partial charge in [0.15, 0.2) is 5.65 Å². The molecule has 4 aromatic rings. The van der Waals surface area contributed by atoms with E-state index in [0.717, 1.165) is 32.2 Å². The molecule has 0 aliphatic carbocycles. The van der Waals surface area contributed by atoms with E-state index in [2.05, 4.69) is 42.4 Å². The Labute approximate surface area is 187 Å². The number of hydrogen-bond acceptors (Lipinski definition) is 6. The summed E-state index contributed by atoms with van der Waals surface area (Å²) in [5, 5.41) is 9.06. The van der Waals surface area contributed by atoms with Crippen molar-refractivity contribution in [3.63, 3.8) is 0 Å². The number of nitrogens with one attached hydrogen (secondary N) is 1. The van der Waals surface area contributed by atoms with E-state index in [1.165, 1.54) is 7.11 Å². The predicted octanol–water partition coefficient (Wildman–Crippen LogP) is 3.45. The van der Waals surface area contributed by atoms with Crippen molar-refractivity contribution in [1.82, 2.24) is 29.2 Å². The van der Waals surface area contributed by atoms with Crippen molar-refractivity contribution in [2.45, 2.75) is 13.5 Å². The molecule has 0 aliphatic heterocycles. The molecule has 3 aromatic heterocycles. The largest absolute Gasteiger partial charge is 0.366 e. The van der Waals surface area contributed by atoms with Gasteiger partial charge in [0.05, 0.1) is 17.3 Å². The summed E-state index contributed by atoms with van der Waals surface area (Å²) in [6.07, 6.45) is 3.70. The Balaban J connectivity index is 1.67. The number of carbonyl (C=O) groups excluding carboxylic acids is 1. The van der Waals surface area contributed by atoms with Crippen LogP contribution in [0.4, 0.5) is 5.82 Å². The van der Waals surface area contributed by atoms with Crippen LogP contribution in [0.1, 0.15) is 21.7 Å². The second-order valence-corrected chi connectivity index (χ2v) is 7.86. The maximum atomic E-state index is 12.6. The number of halogens is 1. The van der Waals surface area contributed by atoms with Gasteiger partial charge in [0, 0.05) is 44.7 Å². The minimum Gasteiger partial charge on any atom is -0.366 e. The summed E-state index contributed by atoms with van der Waals surface area (Å²) < 4.78 is 4.40. The molecule has 0 fully saturated rings. The number of carbonyl (C=O) groups is 1. The fourth-order valence-electron chi connectivity index (χ4n) is 3.23. The van der Waals surface area contributed by atoms with E-state index < -0.39 is 0 Å². The average molecular weight is 484 g/mol. The number of aromatic nitrogens is 5. The molecule has 0 saturated heterocycles. The maximum Gasteiger partial charge on any atom is 0.295 e. The highest BCUT2D eigenvalue weighted by atomic mass is 79.9. The zero-order valence-electron chi connectivity index (χ0n) is 17.6. The lowest BCUT2D eigenvalue weighted by Crippen LogP contribution is -2.26. The van der Waals surface area contributed by atoms with E-state index in [0.29, 0.717) is 18.0 Å². The third-order valence-corrected chi connectivity index (χ3v) is 5.88. The predicted molar refractivity (Wildman–Crippen MR) is 120 cm³/mol. The number of aryl methyl sites for hydroxylation is 2. The molecule has 0 atom stereocenters. The fraction of sp³-hybridized carbons (Fsp3) is 0.238. The van der Waals surface area contributed by atoms with Gasteiger partial charge in [-0.05, 0) is 34.5 Å². The van der Waals surface area contributed by atoms with Crippen LogP contribution >= 0.6 is 15.9 Å². The second-order valence-electron chi connectivity index (χ2n) is 7.06. The molecule has 0 saturated carbocycles. The normalized spacial score (nSPS) is 11.1. The molecule has 0 bridgehead atoms. The van der Waals surface area contributed by atoms with Crippen LogP contribution in [0.3, 0.4) is 0 Å². The lowest BCUT2D eigenvalue weighted by molar-refractivity contribution is -0.0760. The van der Waals surface area contributed by atoms with E-state index >= 15 is 0 Å². The zero-order chi connectivity index (χ0) is 22.1. The zero-order valence-corrected chi connectivity index (χ0v) is 19.2. The van der Waals surface area contributed by atoms with Crippen LogP contribution in [-0.2, 0) is 18.4 Å². The third-order valence-electron chi connectivity index (χ3n) is 4.95. The van der Waals surface area contributed by atoms with Crippen LogP contribution in [0, 0.1) is 6.92 Å². The summed E-state index contributed by atoms with van der Waals surface area (Å²) in [7, 11) is 4.94. The molecule has 1 amide bonds. The number of rotatable bonds is 6. The molecule has 0 aliphatic rings. The third kappa shape index (κ3) is 4.04. The molecule has 31 heavy (non-hydrogen) atoms. The number of imidazole rings is 1. The van der Waals surface area contributed by atoms with Gasteiger partial charge in [-0.25, -0.2) is 15.0 Å². The first-order valence-corrected chi connectivity index (χ1v) is 10.4. The summed E-state index contributed by atoms with van der Waals surface area (Å²) in [5.41, 5.74) is 3.67. The van der Waals surface area contributed by atoms with E-state index in [1.807, 2.05) is 42.9 Å². The van der Waals surface area contributed by atoms with Crippen LogP contribution in [-0.4, -0.2) is 49.3 Å². The smallest absolute Gasteiger partial charge is 0.295 e. The van der Waals surface area contributed by atoms with E-state index in [9.17, 15) is 4.79 Å². The van der Waals surface area contributed by atoms with Crippen LogP contribution < -0.4 is 5.32 Å². The summed E-state index contributed by atoms with van der Waals surface area (Å²) in [5.74, 6) is 1.19. The Bertz CT molecular complexity index is 1260. The highest BCUT2D eigenvalue weighted by Gasteiger charge is 2.19. The molecule has 160 valence electrons. The van der Waals surface area contributed by atoms with Crippen LogP contribution in [0.2, 0.25) is 0 Å². The molecule has 1 N–H and O–H groups in total. The fourth-order valence-corrected chi connectivity index (χ4v) is 3.57. The molecular weight excluding hydrogens is 462 g/mol. The molecule has 10 heteroatoms. The summed E-state index contributed by atoms with van der Waals surface area (Å²) in [6.45, 7) is 2.41. The number of nitrogens with zero attached hydrogens (tertiary/aromatic N) is 6. The summed E-state index contributed by atoms with van der Waals surface area (Å²) in [6, 6.07) is 9.82. The van der Waals surface area contributed by atoms with Crippen LogP contribution in [0.25, 0.3) is 17.0 Å². The first-order chi connectivity index (χ1) is 14.9. The molecule has 0 radical (unpaired) electrons. The van der Waals surface area contributed by atoms with Gasteiger partial charge >= 0.3 is 0 Å². The molecular formula is C21H22BrN7O2. The SMILES string of the molecule is CON(C)C(=O)c1cc(NCc2cccc(-c3nccn3C)c2)n2nc(C)c(Br)c2n1. The number of hydroxylamine groups is 2. The maximum absolute atomic E-state index is 12.6. The van der Waals surface area contributed by atoms with Crippen molar-refractivity contribution in [2.24, 2.45) is 7.05 Å². The molecule has 9 nitrogen and oxygen atoms in total. The Kier molecular flexibility index (Phi) is 5.75. The van der Waals surface area contributed by atoms with Crippen LogP contribution in [0.5, 0.6) is 0 Å². The minimum atomic E-state index is -0.351. The van der Waals surface area contributed by atoms with E-state index in [4.69, 9.17) is 4.84 Å².